The molecule has 1 N–H and O–H groups in total. The number of nitrogens with zero attached hydrogens (tertiary/aromatic N) is 4. The zero-order chi connectivity index (χ0) is 25.7. The first kappa shape index (κ1) is 26.1. The summed E-state index contributed by atoms with van der Waals surface area (Å²) in [7, 11) is 0. The van der Waals surface area contributed by atoms with Crippen molar-refractivity contribution in [2.75, 3.05) is 56.0 Å². The summed E-state index contributed by atoms with van der Waals surface area (Å²) in [6.45, 7) is 5.05. The van der Waals surface area contributed by atoms with Crippen molar-refractivity contribution >= 4 is 28.9 Å². The van der Waals surface area contributed by atoms with Crippen molar-refractivity contribution in [3.8, 4) is 6.07 Å². The van der Waals surface area contributed by atoms with Gasteiger partial charge in [-0.1, -0.05) is 11.6 Å². The lowest BCUT2D eigenvalue weighted by molar-refractivity contribution is -0.137. The van der Waals surface area contributed by atoms with Gasteiger partial charge in [0.15, 0.2) is 0 Å². The van der Waals surface area contributed by atoms with Crippen LogP contribution in [0.1, 0.15) is 30.4 Å². The molecule has 0 aliphatic carbocycles. The van der Waals surface area contributed by atoms with Crippen LogP contribution in [-0.4, -0.2) is 67.6 Å². The number of carbonyl (C=O) groups is 1. The first-order valence-corrected chi connectivity index (χ1v) is 12.5. The Morgan fingerprint density at radius 2 is 1.69 bits per heavy atom. The molecule has 2 aromatic carbocycles. The Morgan fingerprint density at radius 3 is 2.28 bits per heavy atom. The van der Waals surface area contributed by atoms with Crippen LogP contribution in [0.25, 0.3) is 0 Å². The van der Waals surface area contributed by atoms with Gasteiger partial charge in [-0.25, -0.2) is 0 Å². The predicted octanol–water partition coefficient (Wildman–Crippen LogP) is 4.85. The lowest BCUT2D eigenvalue weighted by Crippen LogP contribution is -2.48. The number of benzene rings is 2. The quantitative estimate of drug-likeness (QED) is 0.591. The summed E-state index contributed by atoms with van der Waals surface area (Å²) in [5.41, 5.74) is 1.48. The standard InChI is InChI=1S/C26H29ClF3N5O/c27-24-17-22(4-1-19(24)18-31)32-21-7-11-35(12-8-21)25(36)9-10-33-13-15-34(16-14-33)23-5-2-20(3-6-23)26(28,29)30/h1-6,17,21,32H,7-16H2. The monoisotopic (exact) mass is 519 g/mol. The lowest BCUT2D eigenvalue weighted by atomic mass is 10.0. The van der Waals surface area contributed by atoms with E-state index in [4.69, 9.17) is 16.9 Å². The second-order valence-corrected chi connectivity index (χ2v) is 9.64. The molecule has 2 aromatic rings. The van der Waals surface area contributed by atoms with Gasteiger partial charge in [0.25, 0.3) is 0 Å². The van der Waals surface area contributed by atoms with Crippen LogP contribution in [0.5, 0.6) is 0 Å². The Hall–Kier alpha value is -2.96. The molecule has 2 heterocycles. The number of alkyl halides is 3. The van der Waals surface area contributed by atoms with Gasteiger partial charge in [0.2, 0.25) is 5.91 Å². The van der Waals surface area contributed by atoms with Crippen molar-refractivity contribution in [1.29, 1.82) is 5.26 Å². The summed E-state index contributed by atoms with van der Waals surface area (Å²) in [4.78, 5) is 19.0. The van der Waals surface area contributed by atoms with Crippen molar-refractivity contribution in [3.05, 3.63) is 58.6 Å². The van der Waals surface area contributed by atoms with Crippen LogP contribution in [0.15, 0.2) is 42.5 Å². The zero-order valence-electron chi connectivity index (χ0n) is 19.9. The minimum Gasteiger partial charge on any atom is -0.382 e. The average molecular weight is 520 g/mol. The van der Waals surface area contributed by atoms with Crippen LogP contribution in [0, 0.1) is 11.3 Å². The normalized spacial score (nSPS) is 17.6. The third-order valence-electron chi connectivity index (χ3n) is 6.88. The molecular weight excluding hydrogens is 491 g/mol. The predicted molar refractivity (Wildman–Crippen MR) is 134 cm³/mol. The molecular formula is C26H29ClF3N5O. The SMILES string of the molecule is N#Cc1ccc(NC2CCN(C(=O)CCN3CCN(c4ccc(C(F)(F)F)cc4)CC3)CC2)cc1Cl. The fourth-order valence-corrected chi connectivity index (χ4v) is 4.93. The Morgan fingerprint density at radius 1 is 1.03 bits per heavy atom. The summed E-state index contributed by atoms with van der Waals surface area (Å²) in [6.07, 6.45) is -2.18. The summed E-state index contributed by atoms with van der Waals surface area (Å²) < 4.78 is 38.3. The van der Waals surface area contributed by atoms with E-state index in [1.807, 2.05) is 11.0 Å². The largest absolute Gasteiger partial charge is 0.416 e. The van der Waals surface area contributed by atoms with Gasteiger partial charge in [-0.15, -0.1) is 0 Å². The molecule has 6 nitrogen and oxygen atoms in total. The number of hydrogen-bond acceptors (Lipinski definition) is 5. The van der Waals surface area contributed by atoms with E-state index in [9.17, 15) is 18.0 Å². The highest BCUT2D eigenvalue weighted by Crippen LogP contribution is 2.30. The topological polar surface area (TPSA) is 62.6 Å². The van der Waals surface area contributed by atoms with E-state index >= 15 is 0 Å². The molecule has 0 aromatic heterocycles. The van der Waals surface area contributed by atoms with Crippen LogP contribution < -0.4 is 10.2 Å². The number of hydrogen-bond donors (Lipinski definition) is 1. The van der Waals surface area contributed by atoms with Crippen molar-refractivity contribution in [1.82, 2.24) is 9.80 Å². The second kappa shape index (κ2) is 11.4. The van der Waals surface area contributed by atoms with Crippen LogP contribution in [0.2, 0.25) is 5.02 Å². The third kappa shape index (κ3) is 6.62. The van der Waals surface area contributed by atoms with Crippen LogP contribution in [0.4, 0.5) is 24.5 Å². The summed E-state index contributed by atoms with van der Waals surface area (Å²) in [6, 6.07) is 12.9. The highest BCUT2D eigenvalue weighted by molar-refractivity contribution is 6.32. The Balaban J connectivity index is 1.16. The van der Waals surface area contributed by atoms with E-state index in [1.54, 1.807) is 12.1 Å². The van der Waals surface area contributed by atoms with Crippen molar-refractivity contribution < 1.29 is 18.0 Å². The number of nitrogens with one attached hydrogen (secondary N) is 1. The van der Waals surface area contributed by atoms with E-state index in [-0.39, 0.29) is 11.9 Å². The van der Waals surface area contributed by atoms with Gasteiger partial charge in [0, 0.05) is 69.7 Å². The van der Waals surface area contributed by atoms with Crippen LogP contribution in [-0.2, 0) is 11.0 Å². The second-order valence-electron chi connectivity index (χ2n) is 9.23. The first-order valence-electron chi connectivity index (χ1n) is 12.1. The lowest BCUT2D eigenvalue weighted by Gasteiger charge is -2.37. The fourth-order valence-electron chi connectivity index (χ4n) is 4.71. The smallest absolute Gasteiger partial charge is 0.382 e. The Bertz CT molecular complexity index is 1090. The number of likely N-dealkylation sites (tertiary alicyclic amines) is 1. The van der Waals surface area contributed by atoms with Gasteiger partial charge < -0.3 is 15.1 Å². The van der Waals surface area contributed by atoms with Gasteiger partial charge in [-0.3, -0.25) is 9.69 Å². The molecule has 0 radical (unpaired) electrons. The van der Waals surface area contributed by atoms with Gasteiger partial charge >= 0.3 is 6.18 Å². The molecule has 0 saturated carbocycles. The van der Waals surface area contributed by atoms with E-state index in [2.05, 4.69) is 21.2 Å². The van der Waals surface area contributed by atoms with Gasteiger partial charge in [0.05, 0.1) is 16.1 Å². The van der Waals surface area contributed by atoms with E-state index in [0.717, 1.165) is 62.5 Å². The summed E-state index contributed by atoms with van der Waals surface area (Å²) >= 11 is 6.11. The molecule has 0 unspecified atom stereocenters. The van der Waals surface area contributed by atoms with Crippen molar-refractivity contribution in [2.24, 2.45) is 0 Å². The number of nitriles is 1. The van der Waals surface area contributed by atoms with E-state index in [1.165, 1.54) is 12.1 Å². The number of amides is 1. The average Bonchev–Trinajstić information content (AvgIpc) is 2.88. The van der Waals surface area contributed by atoms with E-state index < -0.39 is 11.7 Å². The molecule has 0 bridgehead atoms. The fraction of sp³-hybridized carbons (Fsp3) is 0.462. The Kier molecular flexibility index (Phi) is 8.27. The Labute approximate surface area is 214 Å². The molecule has 4 rings (SSSR count). The molecule has 36 heavy (non-hydrogen) atoms. The molecule has 2 aliphatic heterocycles. The summed E-state index contributed by atoms with van der Waals surface area (Å²) in [5, 5.41) is 12.9. The van der Waals surface area contributed by atoms with Crippen LogP contribution in [0.3, 0.4) is 0 Å². The van der Waals surface area contributed by atoms with Crippen molar-refractivity contribution in [2.45, 2.75) is 31.5 Å². The molecule has 0 spiro atoms. The maximum atomic E-state index is 12.8. The number of anilines is 2. The minimum absolute atomic E-state index is 0.153. The number of rotatable bonds is 6. The van der Waals surface area contributed by atoms with E-state index in [0.29, 0.717) is 36.6 Å². The highest BCUT2D eigenvalue weighted by Gasteiger charge is 2.30. The van der Waals surface area contributed by atoms with Gasteiger partial charge in [0.1, 0.15) is 6.07 Å². The van der Waals surface area contributed by atoms with Crippen LogP contribution >= 0.6 is 11.6 Å². The maximum Gasteiger partial charge on any atom is 0.416 e. The number of piperidine rings is 1. The zero-order valence-corrected chi connectivity index (χ0v) is 20.7. The molecule has 2 fully saturated rings. The summed E-state index contributed by atoms with van der Waals surface area (Å²) in [5.74, 6) is 0.153. The number of piperazine rings is 1. The number of halogens is 4. The first-order chi connectivity index (χ1) is 17.2. The van der Waals surface area contributed by atoms with Gasteiger partial charge in [-0.2, -0.15) is 18.4 Å². The molecule has 0 atom stereocenters. The van der Waals surface area contributed by atoms with Gasteiger partial charge in [-0.05, 0) is 55.3 Å². The molecule has 2 aliphatic rings. The molecule has 2 saturated heterocycles. The maximum absolute atomic E-state index is 12.8. The molecule has 10 heteroatoms. The molecule has 1 amide bonds. The van der Waals surface area contributed by atoms with Crippen molar-refractivity contribution in [3.63, 3.8) is 0 Å². The highest BCUT2D eigenvalue weighted by atomic mass is 35.5. The molecule has 192 valence electrons. The number of carbonyl (C=O) groups excluding carboxylic acids is 1. The minimum atomic E-state index is -4.32. The third-order valence-corrected chi connectivity index (χ3v) is 7.19.